The van der Waals surface area contributed by atoms with Crippen LogP contribution in [0.3, 0.4) is 0 Å². The number of aliphatic imine (C=N–C) groups is 1. The van der Waals surface area contributed by atoms with E-state index < -0.39 is 35.2 Å². The Morgan fingerprint density at radius 2 is 2.00 bits per heavy atom. The maximum atomic E-state index is 12.0. The summed E-state index contributed by atoms with van der Waals surface area (Å²) in [7, 11) is 0. The van der Waals surface area contributed by atoms with Crippen LogP contribution in [0.4, 0.5) is 0 Å². The topological polar surface area (TPSA) is 141 Å². The van der Waals surface area contributed by atoms with Gasteiger partial charge in [0.1, 0.15) is 5.56 Å². The van der Waals surface area contributed by atoms with Gasteiger partial charge >= 0.3 is 11.7 Å². The maximum Gasteiger partial charge on any atom is 0.331 e. The molecule has 0 unspecified atom stereocenters. The van der Waals surface area contributed by atoms with Crippen molar-refractivity contribution in [3.8, 4) is 5.88 Å². The molecule has 3 aromatic rings. The number of hydrogen-bond acceptors (Lipinski definition) is 5. The number of carboxylic acids is 1. The first-order valence-corrected chi connectivity index (χ1v) is 8.68. The molecule has 2 aromatic heterocycles. The van der Waals surface area contributed by atoms with E-state index in [1.807, 2.05) is 24.3 Å². The van der Waals surface area contributed by atoms with Gasteiger partial charge in [-0.15, -0.1) is 0 Å². The SMILES string of the molecule is CC(C)n1c(O)c(C=N[C@@H](Cc2c[nH]c3ccccc23)C(=O)O)c(=O)[nH]c1=O. The van der Waals surface area contributed by atoms with Crippen molar-refractivity contribution in [3.05, 3.63) is 62.4 Å². The molecule has 1 aromatic carbocycles. The van der Waals surface area contributed by atoms with Crippen molar-refractivity contribution < 1.29 is 15.0 Å². The van der Waals surface area contributed by atoms with E-state index in [2.05, 4.69) is 15.0 Å². The molecule has 0 aliphatic heterocycles. The second kappa shape index (κ2) is 7.55. The third-order valence-electron chi connectivity index (χ3n) is 4.43. The number of aromatic hydroxyl groups is 1. The van der Waals surface area contributed by atoms with E-state index in [0.717, 1.165) is 27.2 Å². The standard InChI is InChI=1S/C19H20N4O5/c1-10(2)23-17(25)13(16(24)22-19(23)28)9-21-15(18(26)27)7-11-8-20-14-6-4-3-5-12(11)14/h3-6,8-10,15,20,25H,7H2,1-2H3,(H,26,27)(H,22,24,28)/t15-/m0/s1. The molecule has 2 heterocycles. The van der Waals surface area contributed by atoms with Gasteiger partial charge in [-0.1, -0.05) is 18.2 Å². The fourth-order valence-electron chi connectivity index (χ4n) is 3.02. The van der Waals surface area contributed by atoms with Crippen LogP contribution in [-0.2, 0) is 11.2 Å². The minimum atomic E-state index is -1.17. The summed E-state index contributed by atoms with van der Waals surface area (Å²) in [4.78, 5) is 44.7. The molecule has 0 radical (unpaired) electrons. The van der Waals surface area contributed by atoms with E-state index in [0.29, 0.717) is 0 Å². The van der Waals surface area contributed by atoms with Gasteiger partial charge in [-0.2, -0.15) is 0 Å². The zero-order chi connectivity index (χ0) is 20.4. The molecular formula is C19H20N4O5. The van der Waals surface area contributed by atoms with Crippen molar-refractivity contribution in [2.45, 2.75) is 32.4 Å². The van der Waals surface area contributed by atoms with Gasteiger partial charge in [-0.05, 0) is 25.5 Å². The number of carbonyl (C=O) groups is 1. The van der Waals surface area contributed by atoms with Crippen LogP contribution < -0.4 is 11.2 Å². The summed E-state index contributed by atoms with van der Waals surface area (Å²) in [6.07, 6.45) is 2.82. The third kappa shape index (κ3) is 3.59. The van der Waals surface area contributed by atoms with Crippen LogP contribution in [0.15, 0.2) is 45.0 Å². The second-order valence-electron chi connectivity index (χ2n) is 6.66. The molecule has 3 rings (SSSR count). The molecule has 0 aliphatic carbocycles. The summed E-state index contributed by atoms with van der Waals surface area (Å²) < 4.78 is 0.998. The molecular weight excluding hydrogens is 364 g/mol. The number of aliphatic carboxylic acids is 1. The summed E-state index contributed by atoms with van der Waals surface area (Å²) in [6.45, 7) is 3.33. The molecule has 9 heteroatoms. The zero-order valence-electron chi connectivity index (χ0n) is 15.3. The van der Waals surface area contributed by atoms with Crippen molar-refractivity contribution in [2.24, 2.45) is 4.99 Å². The van der Waals surface area contributed by atoms with E-state index in [1.165, 1.54) is 0 Å². The number of para-hydroxylation sites is 1. The number of hydrogen-bond donors (Lipinski definition) is 4. The maximum absolute atomic E-state index is 12.0. The summed E-state index contributed by atoms with van der Waals surface area (Å²) in [5.41, 5.74) is -0.199. The summed E-state index contributed by atoms with van der Waals surface area (Å²) in [5.74, 6) is -1.72. The number of benzene rings is 1. The van der Waals surface area contributed by atoms with Crippen LogP contribution in [0.2, 0.25) is 0 Å². The van der Waals surface area contributed by atoms with Gasteiger partial charge in [-0.3, -0.25) is 19.3 Å². The first-order chi connectivity index (χ1) is 13.3. The predicted octanol–water partition coefficient (Wildman–Crippen LogP) is 1.42. The van der Waals surface area contributed by atoms with Gasteiger partial charge in [0.05, 0.1) is 0 Å². The second-order valence-corrected chi connectivity index (χ2v) is 6.66. The van der Waals surface area contributed by atoms with Gasteiger partial charge in [0.25, 0.3) is 5.56 Å². The molecule has 1 atom stereocenters. The Bertz CT molecular complexity index is 1170. The number of fused-ring (bicyclic) bond motifs is 1. The fraction of sp³-hybridized carbons (Fsp3) is 0.263. The minimum absolute atomic E-state index is 0.0956. The van der Waals surface area contributed by atoms with Gasteiger partial charge in [-0.25, -0.2) is 9.59 Å². The number of rotatable bonds is 6. The molecule has 0 spiro atoms. The highest BCUT2D eigenvalue weighted by atomic mass is 16.4. The Balaban J connectivity index is 1.97. The number of aromatic amines is 2. The molecule has 4 N–H and O–H groups in total. The van der Waals surface area contributed by atoms with Crippen LogP contribution >= 0.6 is 0 Å². The van der Waals surface area contributed by atoms with Crippen LogP contribution in [-0.4, -0.2) is 43.0 Å². The molecule has 0 fully saturated rings. The lowest BCUT2D eigenvalue weighted by atomic mass is 10.1. The fourth-order valence-corrected chi connectivity index (χ4v) is 3.02. The lowest BCUT2D eigenvalue weighted by Crippen LogP contribution is -2.33. The quantitative estimate of drug-likeness (QED) is 0.476. The molecule has 0 bridgehead atoms. The molecule has 0 saturated heterocycles. The molecule has 0 amide bonds. The molecule has 9 nitrogen and oxygen atoms in total. The van der Waals surface area contributed by atoms with Crippen molar-refractivity contribution in [1.29, 1.82) is 0 Å². The van der Waals surface area contributed by atoms with Crippen molar-refractivity contribution in [2.75, 3.05) is 0 Å². The minimum Gasteiger partial charge on any atom is -0.494 e. The van der Waals surface area contributed by atoms with Crippen LogP contribution in [0.5, 0.6) is 5.88 Å². The van der Waals surface area contributed by atoms with Crippen molar-refractivity contribution in [1.82, 2.24) is 14.5 Å². The Morgan fingerprint density at radius 1 is 1.29 bits per heavy atom. The Hall–Kier alpha value is -3.62. The summed E-state index contributed by atoms with van der Waals surface area (Å²) in [5, 5.41) is 20.7. The highest BCUT2D eigenvalue weighted by molar-refractivity contribution is 5.87. The van der Waals surface area contributed by atoms with Gasteiger partial charge in [0.2, 0.25) is 5.88 Å². The molecule has 0 aliphatic rings. The predicted molar refractivity (Wildman–Crippen MR) is 104 cm³/mol. The average Bonchev–Trinajstić information content (AvgIpc) is 3.02. The van der Waals surface area contributed by atoms with E-state index >= 15 is 0 Å². The van der Waals surface area contributed by atoms with E-state index in [-0.39, 0.29) is 12.0 Å². The van der Waals surface area contributed by atoms with E-state index in [1.54, 1.807) is 20.0 Å². The van der Waals surface area contributed by atoms with Crippen molar-refractivity contribution >= 4 is 23.1 Å². The normalized spacial score (nSPS) is 12.8. The summed E-state index contributed by atoms with van der Waals surface area (Å²) in [6, 6.07) is 5.90. The number of aromatic nitrogens is 3. The number of nitrogens with zero attached hydrogens (tertiary/aromatic N) is 2. The Kier molecular flexibility index (Phi) is 5.16. The first kappa shape index (κ1) is 19.2. The Labute approximate surface area is 159 Å². The highest BCUT2D eigenvalue weighted by Gasteiger charge is 2.20. The van der Waals surface area contributed by atoms with Crippen molar-refractivity contribution in [3.63, 3.8) is 0 Å². The number of carboxylic acid groups (broad SMARTS) is 1. The van der Waals surface area contributed by atoms with E-state index in [4.69, 9.17) is 0 Å². The Morgan fingerprint density at radius 3 is 2.68 bits per heavy atom. The average molecular weight is 384 g/mol. The third-order valence-corrected chi connectivity index (χ3v) is 4.43. The number of nitrogens with one attached hydrogen (secondary N) is 2. The number of H-pyrrole nitrogens is 2. The monoisotopic (exact) mass is 384 g/mol. The lowest BCUT2D eigenvalue weighted by molar-refractivity contribution is -0.138. The van der Waals surface area contributed by atoms with Gasteiger partial charge < -0.3 is 15.2 Å². The van der Waals surface area contributed by atoms with Crippen LogP contribution in [0.1, 0.15) is 31.0 Å². The lowest BCUT2D eigenvalue weighted by Gasteiger charge is -2.13. The van der Waals surface area contributed by atoms with Crippen LogP contribution in [0.25, 0.3) is 10.9 Å². The van der Waals surface area contributed by atoms with Gasteiger partial charge in [0, 0.05) is 35.8 Å². The highest BCUT2D eigenvalue weighted by Crippen LogP contribution is 2.20. The largest absolute Gasteiger partial charge is 0.494 e. The molecule has 146 valence electrons. The van der Waals surface area contributed by atoms with Gasteiger partial charge in [0.15, 0.2) is 6.04 Å². The molecule has 28 heavy (non-hydrogen) atoms. The van der Waals surface area contributed by atoms with Crippen LogP contribution in [0, 0.1) is 0 Å². The smallest absolute Gasteiger partial charge is 0.331 e. The van der Waals surface area contributed by atoms with E-state index in [9.17, 15) is 24.6 Å². The summed E-state index contributed by atoms with van der Waals surface area (Å²) >= 11 is 0. The molecule has 0 saturated carbocycles. The zero-order valence-corrected chi connectivity index (χ0v) is 15.3. The first-order valence-electron chi connectivity index (χ1n) is 8.68.